The fraction of sp³-hybridized carbons (Fsp3) is 0.111. The summed E-state index contributed by atoms with van der Waals surface area (Å²) in [6, 6.07) is 25.8. The van der Waals surface area contributed by atoms with Crippen molar-refractivity contribution in [1.82, 2.24) is 5.43 Å². The lowest BCUT2D eigenvalue weighted by atomic mass is 10.1. The molecule has 7 nitrogen and oxygen atoms in total. The van der Waals surface area contributed by atoms with Gasteiger partial charge >= 0.3 is 0 Å². The second-order valence-corrected chi connectivity index (χ2v) is 10.9. The third kappa shape index (κ3) is 7.01. The van der Waals surface area contributed by atoms with Gasteiger partial charge in [0.1, 0.15) is 18.9 Å². The van der Waals surface area contributed by atoms with Crippen LogP contribution in [0.3, 0.4) is 0 Å². The van der Waals surface area contributed by atoms with Crippen LogP contribution in [-0.2, 0) is 21.4 Å². The number of hydrazone groups is 1. The van der Waals surface area contributed by atoms with E-state index < -0.39 is 22.5 Å². The molecule has 0 bridgehead atoms. The number of carbonyl (C=O) groups is 1. The number of hydrogen-bond donors (Lipinski definition) is 1. The largest absolute Gasteiger partial charge is 0.489 e. The number of halogens is 2. The molecule has 1 N–H and O–H groups in total. The molecular formula is C27H23Cl2N3O4S. The Morgan fingerprint density at radius 3 is 2.43 bits per heavy atom. The van der Waals surface area contributed by atoms with E-state index in [1.807, 2.05) is 36.4 Å². The van der Waals surface area contributed by atoms with Gasteiger partial charge in [0.05, 0.1) is 28.2 Å². The molecule has 0 fully saturated rings. The first-order valence-corrected chi connectivity index (χ1v) is 13.8. The smallest absolute Gasteiger partial charge is 0.260 e. The van der Waals surface area contributed by atoms with Gasteiger partial charge in [-0.05, 0) is 64.4 Å². The zero-order valence-electron chi connectivity index (χ0n) is 19.8. The van der Waals surface area contributed by atoms with Crippen molar-refractivity contribution in [2.75, 3.05) is 17.1 Å². The Morgan fingerprint density at radius 1 is 0.973 bits per heavy atom. The van der Waals surface area contributed by atoms with Crippen molar-refractivity contribution in [1.29, 1.82) is 0 Å². The molecule has 190 valence electrons. The molecule has 0 radical (unpaired) electrons. The van der Waals surface area contributed by atoms with Crippen molar-refractivity contribution in [3.05, 3.63) is 106 Å². The van der Waals surface area contributed by atoms with Crippen LogP contribution >= 0.6 is 23.2 Å². The van der Waals surface area contributed by atoms with Crippen LogP contribution in [0.5, 0.6) is 5.75 Å². The summed E-state index contributed by atoms with van der Waals surface area (Å²) in [5.41, 5.74) is 4.38. The zero-order valence-corrected chi connectivity index (χ0v) is 22.1. The van der Waals surface area contributed by atoms with Crippen LogP contribution in [0, 0.1) is 0 Å². The van der Waals surface area contributed by atoms with Crippen molar-refractivity contribution in [2.24, 2.45) is 5.10 Å². The summed E-state index contributed by atoms with van der Waals surface area (Å²) >= 11 is 11.9. The molecule has 0 unspecified atom stereocenters. The summed E-state index contributed by atoms with van der Waals surface area (Å²) in [6.45, 7) is -0.0460. The van der Waals surface area contributed by atoms with E-state index in [0.29, 0.717) is 12.4 Å². The highest BCUT2D eigenvalue weighted by molar-refractivity contribution is 7.92. The van der Waals surface area contributed by atoms with Gasteiger partial charge in [-0.3, -0.25) is 9.10 Å². The van der Waals surface area contributed by atoms with Gasteiger partial charge in [-0.25, -0.2) is 13.8 Å². The number of ether oxygens (including phenoxy) is 1. The fourth-order valence-electron chi connectivity index (χ4n) is 3.61. The number of sulfonamides is 1. The minimum Gasteiger partial charge on any atom is -0.489 e. The van der Waals surface area contributed by atoms with Crippen molar-refractivity contribution >= 4 is 61.8 Å². The van der Waals surface area contributed by atoms with E-state index in [1.165, 1.54) is 24.4 Å². The molecule has 0 spiro atoms. The number of nitrogens with one attached hydrogen (secondary N) is 1. The van der Waals surface area contributed by atoms with Gasteiger partial charge in [0.25, 0.3) is 5.91 Å². The number of carbonyl (C=O) groups excluding carboxylic acids is 1. The summed E-state index contributed by atoms with van der Waals surface area (Å²) in [5, 5.41) is 6.69. The number of hydrogen-bond acceptors (Lipinski definition) is 5. The third-order valence-electron chi connectivity index (χ3n) is 5.44. The lowest BCUT2D eigenvalue weighted by Crippen LogP contribution is -2.39. The summed E-state index contributed by atoms with van der Waals surface area (Å²) in [6.07, 6.45) is 2.45. The van der Waals surface area contributed by atoms with Crippen LogP contribution in [0.4, 0.5) is 5.69 Å². The summed E-state index contributed by atoms with van der Waals surface area (Å²) < 4.78 is 31.3. The highest BCUT2D eigenvalue weighted by Gasteiger charge is 2.21. The Hall–Kier alpha value is -3.59. The van der Waals surface area contributed by atoms with Crippen LogP contribution in [0.15, 0.2) is 90.0 Å². The third-order valence-corrected chi connectivity index (χ3v) is 7.32. The van der Waals surface area contributed by atoms with Crippen molar-refractivity contribution < 1.29 is 17.9 Å². The number of amides is 1. The molecular weight excluding hydrogens is 533 g/mol. The Balaban J connectivity index is 1.34. The molecule has 1 amide bonds. The van der Waals surface area contributed by atoms with Gasteiger partial charge in [-0.1, -0.05) is 65.7 Å². The van der Waals surface area contributed by atoms with Gasteiger partial charge in [0.2, 0.25) is 10.0 Å². The second kappa shape index (κ2) is 11.6. The number of benzene rings is 4. The maximum atomic E-state index is 12.4. The Bertz CT molecular complexity index is 1550. The normalized spacial score (nSPS) is 11.5. The molecule has 37 heavy (non-hydrogen) atoms. The minimum absolute atomic E-state index is 0.177. The monoisotopic (exact) mass is 555 g/mol. The van der Waals surface area contributed by atoms with Crippen molar-refractivity contribution in [3.8, 4) is 5.75 Å². The molecule has 0 saturated heterocycles. The number of nitrogens with zero attached hydrogens (tertiary/aromatic N) is 2. The van der Waals surface area contributed by atoms with Gasteiger partial charge in [0.15, 0.2) is 0 Å². The van der Waals surface area contributed by atoms with E-state index in [0.717, 1.165) is 32.5 Å². The summed E-state index contributed by atoms with van der Waals surface area (Å²) in [7, 11) is -3.76. The maximum absolute atomic E-state index is 12.4. The average molecular weight is 556 g/mol. The molecule has 4 aromatic carbocycles. The zero-order chi connectivity index (χ0) is 26.4. The number of rotatable bonds is 9. The average Bonchev–Trinajstić information content (AvgIpc) is 2.88. The van der Waals surface area contributed by atoms with E-state index in [9.17, 15) is 13.2 Å². The van der Waals surface area contributed by atoms with Crippen LogP contribution < -0.4 is 14.5 Å². The molecule has 0 aromatic heterocycles. The van der Waals surface area contributed by atoms with Gasteiger partial charge < -0.3 is 4.74 Å². The van der Waals surface area contributed by atoms with E-state index in [4.69, 9.17) is 27.9 Å². The molecule has 0 saturated carbocycles. The van der Waals surface area contributed by atoms with Crippen molar-refractivity contribution in [2.45, 2.75) is 6.61 Å². The fourth-order valence-corrected chi connectivity index (χ4v) is 4.75. The van der Waals surface area contributed by atoms with Crippen LogP contribution in [-0.4, -0.2) is 33.3 Å². The Kier molecular flexibility index (Phi) is 8.33. The topological polar surface area (TPSA) is 88.1 Å². The van der Waals surface area contributed by atoms with Gasteiger partial charge in [-0.2, -0.15) is 5.10 Å². The predicted octanol–water partition coefficient (Wildman–Crippen LogP) is 5.64. The number of fused-ring (bicyclic) bond motifs is 1. The highest BCUT2D eigenvalue weighted by Crippen LogP contribution is 2.28. The second-order valence-electron chi connectivity index (χ2n) is 8.16. The quantitative estimate of drug-likeness (QED) is 0.214. The number of anilines is 1. The van der Waals surface area contributed by atoms with E-state index >= 15 is 0 Å². The molecule has 0 aliphatic rings. The molecule has 0 aliphatic heterocycles. The lowest BCUT2D eigenvalue weighted by molar-refractivity contribution is -0.119. The summed E-state index contributed by atoms with van der Waals surface area (Å²) in [5.74, 6) is 0.0716. The van der Waals surface area contributed by atoms with E-state index in [1.54, 1.807) is 12.1 Å². The molecule has 4 rings (SSSR count). The summed E-state index contributed by atoms with van der Waals surface area (Å²) in [4.78, 5) is 12.4. The first kappa shape index (κ1) is 26.5. The molecule has 10 heteroatoms. The minimum atomic E-state index is -3.76. The van der Waals surface area contributed by atoms with E-state index in [-0.39, 0.29) is 15.7 Å². The first-order chi connectivity index (χ1) is 17.7. The molecule has 0 aliphatic carbocycles. The van der Waals surface area contributed by atoms with Crippen LogP contribution in [0.1, 0.15) is 11.1 Å². The van der Waals surface area contributed by atoms with E-state index in [2.05, 4.69) is 28.7 Å². The van der Waals surface area contributed by atoms with Crippen LogP contribution in [0.2, 0.25) is 10.0 Å². The predicted molar refractivity (Wildman–Crippen MR) is 149 cm³/mol. The molecule has 4 aromatic rings. The standard InChI is InChI=1S/C27H23Cl2N3O4S/c1-37(34,35)32(22-11-14-25(28)26(29)15-22)17-27(33)31-30-16-19-9-12-23(13-10-19)36-18-21-7-4-6-20-5-2-3-8-24(20)21/h2-16H,17-18H2,1H3,(H,31,33)/b30-16-. The lowest BCUT2D eigenvalue weighted by Gasteiger charge is -2.21. The molecule has 0 atom stereocenters. The SMILES string of the molecule is CS(=O)(=O)N(CC(=O)N/N=C\c1ccc(OCc2cccc3ccccc23)cc1)c1ccc(Cl)c(Cl)c1. The van der Waals surface area contributed by atoms with Gasteiger partial charge in [0, 0.05) is 0 Å². The first-order valence-electron chi connectivity index (χ1n) is 11.1. The Morgan fingerprint density at radius 2 is 1.70 bits per heavy atom. The van der Waals surface area contributed by atoms with Crippen molar-refractivity contribution in [3.63, 3.8) is 0 Å². The maximum Gasteiger partial charge on any atom is 0.260 e. The van der Waals surface area contributed by atoms with Gasteiger partial charge in [-0.15, -0.1) is 0 Å². The Labute approximate surface area is 225 Å². The highest BCUT2D eigenvalue weighted by atomic mass is 35.5. The van der Waals surface area contributed by atoms with Crippen LogP contribution in [0.25, 0.3) is 10.8 Å². The molecule has 0 heterocycles.